The third-order valence-corrected chi connectivity index (χ3v) is 6.55. The molecule has 0 spiro atoms. The molecule has 0 saturated carbocycles. The van der Waals surface area contributed by atoms with Crippen LogP contribution < -0.4 is 0 Å². The Bertz CT molecular complexity index is 1550. The van der Waals surface area contributed by atoms with E-state index in [0.717, 1.165) is 24.3 Å². The van der Waals surface area contributed by atoms with Crippen LogP contribution in [0.15, 0.2) is 82.6 Å². The average molecular weight is 486 g/mol. The summed E-state index contributed by atoms with van der Waals surface area (Å²) in [5, 5.41) is 1.12. The number of esters is 2. The molecular weight excluding hydrogens is 472 g/mol. The van der Waals surface area contributed by atoms with Crippen molar-refractivity contribution < 1.29 is 40.3 Å². The topological polar surface area (TPSA) is 152 Å². The zero-order valence-electron chi connectivity index (χ0n) is 16.5. The Morgan fingerprint density at radius 3 is 1.33 bits per heavy atom. The van der Waals surface area contributed by atoms with Crippen molar-refractivity contribution in [2.75, 3.05) is 0 Å². The molecular formula is C22H14O9S2. The van der Waals surface area contributed by atoms with E-state index in [4.69, 9.17) is 4.74 Å². The number of ether oxygens (including phenoxy) is 1. The highest BCUT2D eigenvalue weighted by Gasteiger charge is 2.24. The van der Waals surface area contributed by atoms with Crippen molar-refractivity contribution in [3.05, 3.63) is 83.9 Å². The Hall–Kier alpha value is -3.64. The van der Waals surface area contributed by atoms with Gasteiger partial charge in [-0.25, -0.2) is 9.59 Å². The molecule has 168 valence electrons. The first-order chi connectivity index (χ1) is 15.4. The molecule has 0 saturated heterocycles. The number of hydrogen-bond acceptors (Lipinski definition) is 7. The van der Waals surface area contributed by atoms with E-state index in [9.17, 15) is 35.5 Å². The molecule has 0 bridgehead atoms. The predicted molar refractivity (Wildman–Crippen MR) is 117 cm³/mol. The number of rotatable bonds is 4. The summed E-state index contributed by atoms with van der Waals surface area (Å²) < 4.78 is 70.3. The first-order valence-corrected chi connectivity index (χ1v) is 12.1. The van der Waals surface area contributed by atoms with E-state index in [0.29, 0.717) is 10.8 Å². The van der Waals surface area contributed by atoms with Gasteiger partial charge in [-0.3, -0.25) is 9.11 Å². The van der Waals surface area contributed by atoms with Gasteiger partial charge < -0.3 is 4.74 Å². The lowest BCUT2D eigenvalue weighted by Gasteiger charge is -2.11. The van der Waals surface area contributed by atoms with Gasteiger partial charge in [-0.15, -0.1) is 0 Å². The van der Waals surface area contributed by atoms with E-state index < -0.39 is 42.0 Å². The van der Waals surface area contributed by atoms with Crippen LogP contribution in [0.25, 0.3) is 21.5 Å². The van der Waals surface area contributed by atoms with E-state index in [1.807, 2.05) is 0 Å². The SMILES string of the molecule is O=C(OC(=O)c1cc(S(=O)(=O)O)cc2ccccc12)c1cc(S(=O)(=O)O)cc2ccccc12. The van der Waals surface area contributed by atoms with Gasteiger partial charge in [0.1, 0.15) is 0 Å². The summed E-state index contributed by atoms with van der Waals surface area (Å²) in [6.07, 6.45) is 0. The Balaban J connectivity index is 1.82. The lowest BCUT2D eigenvalue weighted by molar-refractivity contribution is 0.0400. The first-order valence-electron chi connectivity index (χ1n) is 9.22. The van der Waals surface area contributed by atoms with E-state index in [-0.39, 0.29) is 21.9 Å². The number of carbonyl (C=O) groups is 2. The number of benzene rings is 4. The summed E-state index contributed by atoms with van der Waals surface area (Å²) in [4.78, 5) is 24.6. The molecule has 0 aliphatic heterocycles. The second kappa shape index (κ2) is 8.05. The van der Waals surface area contributed by atoms with E-state index >= 15 is 0 Å². The minimum Gasteiger partial charge on any atom is -0.386 e. The third kappa shape index (κ3) is 4.47. The maximum absolute atomic E-state index is 12.9. The molecule has 2 N–H and O–H groups in total. The molecule has 0 unspecified atom stereocenters. The Kier molecular flexibility index (Phi) is 5.50. The first kappa shape index (κ1) is 22.6. The highest BCUT2D eigenvalue weighted by molar-refractivity contribution is 7.86. The standard InChI is InChI=1S/C22H14O9S2/c23-21(19-11-15(32(25,26)27)9-13-5-1-3-7-17(13)19)31-22(24)20-12-16(33(28,29)30)10-14-6-2-4-8-18(14)20/h1-12H,(H,25,26,27)(H,28,29,30). The molecule has 4 rings (SSSR count). The fourth-order valence-electron chi connectivity index (χ4n) is 3.40. The molecule has 0 aliphatic rings. The molecule has 0 radical (unpaired) electrons. The summed E-state index contributed by atoms with van der Waals surface area (Å²) in [5.41, 5.74) is -0.603. The van der Waals surface area contributed by atoms with Gasteiger partial charge in [0.15, 0.2) is 0 Å². The largest absolute Gasteiger partial charge is 0.386 e. The molecule has 0 atom stereocenters. The van der Waals surface area contributed by atoms with Crippen molar-refractivity contribution in [1.82, 2.24) is 0 Å². The van der Waals surface area contributed by atoms with Gasteiger partial charge >= 0.3 is 11.9 Å². The van der Waals surface area contributed by atoms with Gasteiger partial charge in [-0.1, -0.05) is 48.5 Å². The van der Waals surface area contributed by atoms with Crippen molar-refractivity contribution >= 4 is 53.7 Å². The molecule has 11 heteroatoms. The Labute approximate surface area is 187 Å². The Morgan fingerprint density at radius 2 is 0.970 bits per heavy atom. The zero-order chi connectivity index (χ0) is 24.0. The van der Waals surface area contributed by atoms with E-state index in [1.165, 1.54) is 24.3 Å². The Morgan fingerprint density at radius 1 is 0.606 bits per heavy atom. The van der Waals surface area contributed by atoms with Gasteiger partial charge in [0.05, 0.1) is 20.9 Å². The van der Waals surface area contributed by atoms with Crippen molar-refractivity contribution in [3.8, 4) is 0 Å². The van der Waals surface area contributed by atoms with Crippen LogP contribution in [0.1, 0.15) is 20.7 Å². The van der Waals surface area contributed by atoms with Crippen LogP contribution in [0.2, 0.25) is 0 Å². The molecule has 0 heterocycles. The highest BCUT2D eigenvalue weighted by Crippen LogP contribution is 2.27. The lowest BCUT2D eigenvalue weighted by Crippen LogP contribution is -2.15. The second-order valence-electron chi connectivity index (χ2n) is 7.01. The maximum Gasteiger partial charge on any atom is 0.346 e. The summed E-state index contributed by atoms with van der Waals surface area (Å²) >= 11 is 0. The van der Waals surface area contributed by atoms with Crippen LogP contribution in [-0.2, 0) is 25.0 Å². The van der Waals surface area contributed by atoms with Gasteiger partial charge in [0.2, 0.25) is 0 Å². The lowest BCUT2D eigenvalue weighted by atomic mass is 10.0. The third-order valence-electron chi connectivity index (χ3n) is 4.89. The molecule has 0 fully saturated rings. The van der Waals surface area contributed by atoms with E-state index in [2.05, 4.69) is 0 Å². The fraction of sp³-hybridized carbons (Fsp3) is 0. The zero-order valence-corrected chi connectivity index (χ0v) is 18.1. The van der Waals surface area contributed by atoms with Crippen molar-refractivity contribution in [3.63, 3.8) is 0 Å². The molecule has 0 aromatic heterocycles. The summed E-state index contributed by atoms with van der Waals surface area (Å²) in [5.74, 6) is -2.44. The molecule has 4 aromatic carbocycles. The van der Waals surface area contributed by atoms with Gasteiger partial charge in [-0.2, -0.15) is 16.8 Å². The predicted octanol–water partition coefficient (Wildman–Crippen LogP) is 3.48. The number of carbonyl (C=O) groups excluding carboxylic acids is 2. The quantitative estimate of drug-likeness (QED) is 0.251. The number of fused-ring (bicyclic) bond motifs is 2. The van der Waals surface area contributed by atoms with E-state index in [1.54, 1.807) is 24.3 Å². The summed E-state index contributed by atoms with van der Waals surface area (Å²) in [7, 11) is -9.34. The van der Waals surface area contributed by atoms with Crippen LogP contribution in [-0.4, -0.2) is 37.9 Å². The smallest absolute Gasteiger partial charge is 0.346 e. The fourth-order valence-corrected chi connectivity index (χ4v) is 4.48. The van der Waals surface area contributed by atoms with Crippen LogP contribution in [0, 0.1) is 0 Å². The second-order valence-corrected chi connectivity index (χ2v) is 9.85. The monoisotopic (exact) mass is 486 g/mol. The highest BCUT2D eigenvalue weighted by atomic mass is 32.2. The summed E-state index contributed by atoms with van der Waals surface area (Å²) in [6.45, 7) is 0. The number of hydrogen-bond donors (Lipinski definition) is 2. The van der Waals surface area contributed by atoms with Gasteiger partial charge in [0.25, 0.3) is 20.2 Å². The van der Waals surface area contributed by atoms with Crippen molar-refractivity contribution in [1.29, 1.82) is 0 Å². The molecule has 4 aromatic rings. The minimum absolute atomic E-state index is 0.263. The van der Waals surface area contributed by atoms with Crippen molar-refractivity contribution in [2.24, 2.45) is 0 Å². The molecule has 33 heavy (non-hydrogen) atoms. The summed E-state index contributed by atoms with van der Waals surface area (Å²) in [6, 6.07) is 16.4. The maximum atomic E-state index is 12.9. The van der Waals surface area contributed by atoms with Gasteiger partial charge in [-0.05, 0) is 45.8 Å². The van der Waals surface area contributed by atoms with Crippen LogP contribution in [0.4, 0.5) is 0 Å². The average Bonchev–Trinajstić information content (AvgIpc) is 2.76. The minimum atomic E-state index is -4.67. The van der Waals surface area contributed by atoms with Gasteiger partial charge in [0, 0.05) is 0 Å². The molecule has 9 nitrogen and oxygen atoms in total. The van der Waals surface area contributed by atoms with Crippen molar-refractivity contribution in [2.45, 2.75) is 9.79 Å². The van der Waals surface area contributed by atoms with Crippen LogP contribution >= 0.6 is 0 Å². The normalized spacial score (nSPS) is 12.1. The molecule has 0 amide bonds. The molecule has 0 aliphatic carbocycles. The van der Waals surface area contributed by atoms with Crippen LogP contribution in [0.5, 0.6) is 0 Å². The van der Waals surface area contributed by atoms with Crippen LogP contribution in [0.3, 0.4) is 0 Å².